The number of benzene rings is 2. The molecule has 0 fully saturated rings. The molecule has 142 valence electrons. The number of methoxy groups -OCH3 is 2. The van der Waals surface area contributed by atoms with Gasteiger partial charge in [-0.2, -0.15) is 0 Å². The first-order valence-electron chi connectivity index (χ1n) is 8.16. The van der Waals surface area contributed by atoms with Crippen LogP contribution in [0.25, 0.3) is 6.08 Å². The molecule has 2 aromatic carbocycles. The first-order valence-corrected chi connectivity index (χ1v) is 8.16. The topological polar surface area (TPSA) is 96.9 Å². The second-order valence-corrected chi connectivity index (χ2v) is 5.83. The van der Waals surface area contributed by atoms with Crippen molar-refractivity contribution in [3.63, 3.8) is 0 Å². The van der Waals surface area contributed by atoms with Crippen LogP contribution in [0.1, 0.15) is 18.1 Å². The van der Waals surface area contributed by atoms with Crippen molar-refractivity contribution in [2.45, 2.75) is 13.8 Å². The van der Waals surface area contributed by atoms with Gasteiger partial charge in [-0.1, -0.05) is 12.1 Å². The van der Waals surface area contributed by atoms with Crippen LogP contribution in [-0.2, 0) is 9.59 Å². The molecule has 0 saturated carbocycles. The van der Waals surface area contributed by atoms with E-state index in [4.69, 9.17) is 9.47 Å². The lowest BCUT2D eigenvalue weighted by atomic mass is 10.1. The number of carbonyl (C=O) groups is 2. The number of hydrogen-bond acceptors (Lipinski definition) is 5. The SMILES string of the molecule is COc1ccc(C=C(NC(C)=O)C(=O)Nc2cc(C)ccc2O)cc1OC. The Morgan fingerprint density at radius 2 is 1.74 bits per heavy atom. The van der Waals surface area contributed by atoms with Crippen LogP contribution < -0.4 is 20.1 Å². The molecule has 2 aromatic rings. The van der Waals surface area contributed by atoms with Crippen molar-refractivity contribution >= 4 is 23.6 Å². The lowest BCUT2D eigenvalue weighted by molar-refractivity contribution is -0.120. The maximum Gasteiger partial charge on any atom is 0.272 e. The van der Waals surface area contributed by atoms with Crippen molar-refractivity contribution in [3.05, 3.63) is 53.2 Å². The zero-order valence-corrected chi connectivity index (χ0v) is 15.6. The van der Waals surface area contributed by atoms with E-state index in [1.807, 2.05) is 6.92 Å². The molecule has 0 saturated heterocycles. The highest BCUT2D eigenvalue weighted by Gasteiger charge is 2.14. The molecule has 0 aromatic heterocycles. The summed E-state index contributed by atoms with van der Waals surface area (Å²) in [6.45, 7) is 3.14. The fraction of sp³-hybridized carbons (Fsp3) is 0.200. The summed E-state index contributed by atoms with van der Waals surface area (Å²) in [7, 11) is 3.03. The highest BCUT2D eigenvalue weighted by atomic mass is 16.5. The predicted molar refractivity (Wildman–Crippen MR) is 103 cm³/mol. The number of anilines is 1. The van der Waals surface area contributed by atoms with Gasteiger partial charge in [-0.25, -0.2) is 0 Å². The molecular formula is C20H22N2O5. The molecule has 0 aliphatic rings. The van der Waals surface area contributed by atoms with Crippen LogP contribution in [0.2, 0.25) is 0 Å². The lowest BCUT2D eigenvalue weighted by Gasteiger charge is -2.12. The second-order valence-electron chi connectivity index (χ2n) is 5.83. The molecule has 0 spiro atoms. The molecular weight excluding hydrogens is 348 g/mol. The second kappa shape index (κ2) is 8.75. The number of nitrogens with one attached hydrogen (secondary N) is 2. The van der Waals surface area contributed by atoms with E-state index >= 15 is 0 Å². The Balaban J connectivity index is 2.36. The number of phenols is 1. The van der Waals surface area contributed by atoms with Gasteiger partial charge in [0.15, 0.2) is 11.5 Å². The zero-order valence-electron chi connectivity index (χ0n) is 15.6. The molecule has 0 bridgehead atoms. The van der Waals surface area contributed by atoms with Crippen LogP contribution in [0.4, 0.5) is 5.69 Å². The molecule has 7 nitrogen and oxygen atoms in total. The Labute approximate surface area is 157 Å². The van der Waals surface area contributed by atoms with Crippen molar-refractivity contribution in [1.82, 2.24) is 5.32 Å². The van der Waals surface area contributed by atoms with Crippen LogP contribution in [0, 0.1) is 6.92 Å². The Kier molecular flexibility index (Phi) is 6.43. The van der Waals surface area contributed by atoms with Gasteiger partial charge in [-0.3, -0.25) is 9.59 Å². The minimum absolute atomic E-state index is 0.0237. The molecule has 0 aliphatic heterocycles. The Hall–Kier alpha value is -3.48. The molecule has 0 atom stereocenters. The third-order valence-electron chi connectivity index (χ3n) is 3.67. The largest absolute Gasteiger partial charge is 0.506 e. The molecule has 7 heteroatoms. The van der Waals surface area contributed by atoms with E-state index in [-0.39, 0.29) is 17.1 Å². The summed E-state index contributed by atoms with van der Waals surface area (Å²) in [5.41, 5.74) is 1.77. The molecule has 0 heterocycles. The smallest absolute Gasteiger partial charge is 0.272 e. The van der Waals surface area contributed by atoms with Crippen LogP contribution in [0.5, 0.6) is 17.2 Å². The van der Waals surface area contributed by atoms with E-state index in [1.54, 1.807) is 30.3 Å². The Bertz CT molecular complexity index is 890. The van der Waals surface area contributed by atoms with Gasteiger partial charge in [-0.05, 0) is 48.4 Å². The number of phenolic OH excluding ortho intramolecular Hbond substituents is 1. The molecule has 0 aliphatic carbocycles. The third kappa shape index (κ3) is 5.24. The highest BCUT2D eigenvalue weighted by molar-refractivity contribution is 6.09. The number of ether oxygens (including phenoxy) is 2. The third-order valence-corrected chi connectivity index (χ3v) is 3.67. The van der Waals surface area contributed by atoms with Gasteiger partial charge in [-0.15, -0.1) is 0 Å². The Morgan fingerprint density at radius 3 is 2.37 bits per heavy atom. The van der Waals surface area contributed by atoms with Gasteiger partial charge in [0.05, 0.1) is 19.9 Å². The number of aryl methyl sites for hydroxylation is 1. The molecule has 0 radical (unpaired) electrons. The molecule has 27 heavy (non-hydrogen) atoms. The predicted octanol–water partition coefficient (Wildman–Crippen LogP) is 2.83. The van der Waals surface area contributed by atoms with Gasteiger partial charge >= 0.3 is 0 Å². The maximum absolute atomic E-state index is 12.6. The quantitative estimate of drug-likeness (QED) is 0.537. The summed E-state index contributed by atoms with van der Waals surface area (Å²) in [5, 5.41) is 15.0. The average molecular weight is 370 g/mol. The molecule has 0 unspecified atom stereocenters. The average Bonchev–Trinajstić information content (AvgIpc) is 2.63. The van der Waals surface area contributed by atoms with Gasteiger partial charge in [0.2, 0.25) is 5.91 Å². The Morgan fingerprint density at radius 1 is 1.04 bits per heavy atom. The highest BCUT2D eigenvalue weighted by Crippen LogP contribution is 2.29. The summed E-state index contributed by atoms with van der Waals surface area (Å²) in [5.74, 6) is 0.00323. The molecule has 2 amide bonds. The van der Waals surface area contributed by atoms with E-state index in [1.165, 1.54) is 33.3 Å². The minimum Gasteiger partial charge on any atom is -0.506 e. The van der Waals surface area contributed by atoms with E-state index in [2.05, 4.69) is 10.6 Å². The summed E-state index contributed by atoms with van der Waals surface area (Å²) < 4.78 is 10.4. The summed E-state index contributed by atoms with van der Waals surface area (Å²) >= 11 is 0. The van der Waals surface area contributed by atoms with Crippen molar-refractivity contribution in [2.75, 3.05) is 19.5 Å². The first kappa shape index (κ1) is 19.8. The van der Waals surface area contributed by atoms with Gasteiger partial charge in [0.25, 0.3) is 5.91 Å². The number of hydrogen-bond donors (Lipinski definition) is 3. The van der Waals surface area contributed by atoms with E-state index in [9.17, 15) is 14.7 Å². The van der Waals surface area contributed by atoms with E-state index in [0.717, 1.165) is 5.56 Å². The molecule has 2 rings (SSSR count). The fourth-order valence-corrected chi connectivity index (χ4v) is 2.40. The van der Waals surface area contributed by atoms with Crippen LogP contribution >= 0.6 is 0 Å². The van der Waals surface area contributed by atoms with Gasteiger partial charge in [0, 0.05) is 6.92 Å². The summed E-state index contributed by atoms with van der Waals surface area (Å²) in [4.78, 5) is 24.2. The normalized spacial score (nSPS) is 10.9. The van der Waals surface area contributed by atoms with Gasteiger partial charge < -0.3 is 25.2 Å². The van der Waals surface area contributed by atoms with Crippen molar-refractivity contribution < 1.29 is 24.2 Å². The lowest BCUT2D eigenvalue weighted by Crippen LogP contribution is -2.29. The monoisotopic (exact) mass is 370 g/mol. The van der Waals surface area contributed by atoms with Crippen LogP contribution in [0.15, 0.2) is 42.1 Å². The zero-order chi connectivity index (χ0) is 20.0. The number of carbonyl (C=O) groups excluding carboxylic acids is 2. The van der Waals surface area contributed by atoms with Crippen molar-refractivity contribution in [2.24, 2.45) is 0 Å². The van der Waals surface area contributed by atoms with Gasteiger partial charge in [0.1, 0.15) is 11.4 Å². The fourth-order valence-electron chi connectivity index (χ4n) is 2.40. The van der Waals surface area contributed by atoms with Crippen LogP contribution in [0.3, 0.4) is 0 Å². The standard InChI is InChI=1S/C20H22N2O5/c1-12-5-7-17(24)15(9-12)22-20(25)16(21-13(2)23)10-14-6-8-18(26-3)19(11-14)27-4/h5-11,24H,1-4H3,(H,21,23)(H,22,25). The van der Waals surface area contributed by atoms with E-state index in [0.29, 0.717) is 17.1 Å². The maximum atomic E-state index is 12.6. The van der Waals surface area contributed by atoms with Crippen LogP contribution in [-0.4, -0.2) is 31.1 Å². The van der Waals surface area contributed by atoms with E-state index < -0.39 is 11.8 Å². The van der Waals surface area contributed by atoms with Crippen molar-refractivity contribution in [1.29, 1.82) is 0 Å². The van der Waals surface area contributed by atoms with Crippen molar-refractivity contribution in [3.8, 4) is 17.2 Å². The minimum atomic E-state index is -0.569. The molecule has 3 N–H and O–H groups in total. The first-order chi connectivity index (χ1) is 12.8. The number of rotatable bonds is 6. The summed E-state index contributed by atoms with van der Waals surface area (Å²) in [6, 6.07) is 9.94. The number of amides is 2. The summed E-state index contributed by atoms with van der Waals surface area (Å²) in [6.07, 6.45) is 1.51. The number of aromatic hydroxyl groups is 1.